The average molecular weight is 172 g/mol. The van der Waals surface area contributed by atoms with Gasteiger partial charge in [0.15, 0.2) is 0 Å². The predicted octanol–water partition coefficient (Wildman–Crippen LogP) is 0.281. The summed E-state index contributed by atoms with van der Waals surface area (Å²) < 4.78 is 0. The summed E-state index contributed by atoms with van der Waals surface area (Å²) in [5, 5.41) is 5.16. The first-order chi connectivity index (χ1) is 4.97. The normalized spacial score (nSPS) is 9.09. The fourth-order valence-corrected chi connectivity index (χ4v) is 2.27. The molecule has 0 aromatic carbocycles. The van der Waals surface area contributed by atoms with Gasteiger partial charge in [-0.1, -0.05) is 12.1 Å². The molecule has 0 radical (unpaired) electrons. The third-order valence-corrected chi connectivity index (χ3v) is 3.10. The zero-order chi connectivity index (χ0) is 6.81. The van der Waals surface area contributed by atoms with Crippen LogP contribution in [0, 0.1) is 5.38 Å². The van der Waals surface area contributed by atoms with Gasteiger partial charge in [-0.15, -0.1) is 10.3 Å². The summed E-state index contributed by atoms with van der Waals surface area (Å²) in [6.07, 6.45) is 0. The number of thiophene rings is 2. The van der Waals surface area contributed by atoms with Gasteiger partial charge >= 0.3 is 18.9 Å². The van der Waals surface area contributed by atoms with E-state index in [0.29, 0.717) is 0 Å². The van der Waals surface area contributed by atoms with Gasteiger partial charge < -0.3 is 0 Å². The molecule has 0 bridgehead atoms. The van der Waals surface area contributed by atoms with E-state index in [9.17, 15) is 0 Å². The molecule has 3 heteroatoms. The Kier molecular flexibility index (Phi) is 3.41. The van der Waals surface area contributed by atoms with E-state index in [-0.39, 0.29) is 18.9 Å². The molecule has 0 saturated heterocycles. The molecule has 0 aliphatic rings. The van der Waals surface area contributed by atoms with Crippen LogP contribution >= 0.6 is 22.7 Å². The van der Waals surface area contributed by atoms with Gasteiger partial charge in [-0.25, -0.2) is 0 Å². The molecule has 0 amide bonds. The number of rotatable bonds is 1. The minimum atomic E-state index is 0. The molecule has 0 saturated carbocycles. The van der Waals surface area contributed by atoms with E-state index in [4.69, 9.17) is 0 Å². The van der Waals surface area contributed by atoms with Crippen LogP contribution in [0.15, 0.2) is 29.6 Å². The molecule has 0 nitrogen and oxygen atoms in total. The van der Waals surface area contributed by atoms with E-state index in [1.54, 1.807) is 22.7 Å². The van der Waals surface area contributed by atoms with Gasteiger partial charge in [-0.05, 0) is 10.3 Å². The molecule has 0 atom stereocenters. The summed E-state index contributed by atoms with van der Waals surface area (Å²) >= 11 is 3.44. The molecule has 0 spiro atoms. The van der Waals surface area contributed by atoms with Gasteiger partial charge in [0.25, 0.3) is 0 Å². The van der Waals surface area contributed by atoms with E-state index < -0.39 is 0 Å². The SMILES string of the molecule is [Li+].[c-]1ccc(-c2cccs2)s1. The summed E-state index contributed by atoms with van der Waals surface area (Å²) in [6.45, 7) is 0. The molecule has 50 valence electrons. The van der Waals surface area contributed by atoms with Gasteiger partial charge in [-0.3, -0.25) is 11.3 Å². The van der Waals surface area contributed by atoms with Crippen molar-refractivity contribution in [2.75, 3.05) is 0 Å². The van der Waals surface area contributed by atoms with Crippen LogP contribution in [0.1, 0.15) is 0 Å². The van der Waals surface area contributed by atoms with Crippen molar-refractivity contribution in [1.82, 2.24) is 0 Å². The molecular weight excluding hydrogens is 167 g/mol. The predicted molar refractivity (Wildman–Crippen MR) is 46.5 cm³/mol. The summed E-state index contributed by atoms with van der Waals surface area (Å²) in [6, 6.07) is 8.25. The Labute approximate surface area is 86.1 Å². The van der Waals surface area contributed by atoms with Crippen molar-refractivity contribution in [2.24, 2.45) is 0 Å². The second-order valence-electron chi connectivity index (χ2n) is 1.89. The maximum Gasteiger partial charge on any atom is 1.00 e. The van der Waals surface area contributed by atoms with E-state index in [1.165, 1.54) is 9.75 Å². The molecule has 2 aromatic heterocycles. The number of hydrogen-bond donors (Lipinski definition) is 0. The second-order valence-corrected chi connectivity index (χ2v) is 3.72. The van der Waals surface area contributed by atoms with E-state index in [0.717, 1.165) is 0 Å². The van der Waals surface area contributed by atoms with Crippen LogP contribution in [-0.2, 0) is 0 Å². The van der Waals surface area contributed by atoms with Gasteiger partial charge in [0.1, 0.15) is 0 Å². The molecule has 0 N–H and O–H groups in total. The van der Waals surface area contributed by atoms with Crippen LogP contribution in [0.3, 0.4) is 0 Å². The van der Waals surface area contributed by atoms with Gasteiger partial charge in [-0.2, -0.15) is 23.5 Å². The third kappa shape index (κ3) is 1.97. The van der Waals surface area contributed by atoms with Crippen molar-refractivity contribution in [3.8, 4) is 9.75 Å². The zero-order valence-corrected chi connectivity index (χ0v) is 7.84. The summed E-state index contributed by atoms with van der Waals surface area (Å²) in [5.74, 6) is 0. The van der Waals surface area contributed by atoms with Gasteiger partial charge in [0.2, 0.25) is 0 Å². The smallest absolute Gasteiger partial charge is 0.295 e. The summed E-state index contributed by atoms with van der Waals surface area (Å²) in [5.41, 5.74) is 0. The molecule has 2 heterocycles. The molecule has 2 rings (SSSR count). The molecule has 0 fully saturated rings. The number of hydrogen-bond acceptors (Lipinski definition) is 2. The maximum absolute atomic E-state index is 3.07. The second kappa shape index (κ2) is 4.13. The first-order valence-electron chi connectivity index (χ1n) is 2.96. The van der Waals surface area contributed by atoms with Crippen LogP contribution in [0.5, 0.6) is 0 Å². The monoisotopic (exact) mass is 172 g/mol. The Morgan fingerprint density at radius 2 is 2.09 bits per heavy atom. The fraction of sp³-hybridized carbons (Fsp3) is 0. The summed E-state index contributed by atoms with van der Waals surface area (Å²) in [4.78, 5) is 2.65. The van der Waals surface area contributed by atoms with Crippen LogP contribution in [0.4, 0.5) is 0 Å². The molecular formula is C8H5LiS2. The van der Waals surface area contributed by atoms with Crippen LogP contribution in [-0.4, -0.2) is 0 Å². The van der Waals surface area contributed by atoms with Crippen LogP contribution < -0.4 is 18.9 Å². The Morgan fingerprint density at radius 1 is 1.18 bits per heavy atom. The Balaban J connectivity index is 0.000000605. The van der Waals surface area contributed by atoms with Gasteiger partial charge in [0, 0.05) is 0 Å². The first-order valence-corrected chi connectivity index (χ1v) is 4.66. The van der Waals surface area contributed by atoms with Crippen molar-refractivity contribution < 1.29 is 18.9 Å². The molecule has 0 aliphatic carbocycles. The zero-order valence-electron chi connectivity index (χ0n) is 6.20. The van der Waals surface area contributed by atoms with Crippen molar-refractivity contribution in [1.29, 1.82) is 0 Å². The molecule has 11 heavy (non-hydrogen) atoms. The fourth-order valence-electron chi connectivity index (χ4n) is 0.792. The van der Waals surface area contributed by atoms with Crippen LogP contribution in [0.2, 0.25) is 0 Å². The average Bonchev–Trinajstić information content (AvgIpc) is 2.59. The standard InChI is InChI=1S/C8H5S2.Li/c1-3-7(9-5-1)8-4-2-6-10-8;/h1-5H;/q-1;+1. The first kappa shape index (κ1) is 9.09. The maximum atomic E-state index is 3.07. The minimum Gasteiger partial charge on any atom is -0.295 e. The van der Waals surface area contributed by atoms with E-state index in [2.05, 4.69) is 29.0 Å². The molecule has 0 aliphatic heterocycles. The molecule has 0 unspecified atom stereocenters. The largest absolute Gasteiger partial charge is 1.00 e. The Morgan fingerprint density at radius 3 is 2.64 bits per heavy atom. The Bertz CT molecular complexity index is 252. The molecule has 2 aromatic rings. The Hall–Kier alpha value is -0.00260. The van der Waals surface area contributed by atoms with Crippen molar-refractivity contribution in [3.63, 3.8) is 0 Å². The topological polar surface area (TPSA) is 0 Å². The van der Waals surface area contributed by atoms with Crippen LogP contribution in [0.25, 0.3) is 9.75 Å². The van der Waals surface area contributed by atoms with Gasteiger partial charge in [0.05, 0.1) is 0 Å². The third-order valence-electron chi connectivity index (χ3n) is 1.24. The summed E-state index contributed by atoms with van der Waals surface area (Å²) in [7, 11) is 0. The van der Waals surface area contributed by atoms with E-state index in [1.807, 2.05) is 6.07 Å². The van der Waals surface area contributed by atoms with Crippen molar-refractivity contribution in [2.45, 2.75) is 0 Å². The quantitative estimate of drug-likeness (QED) is 0.428. The van der Waals surface area contributed by atoms with Crippen molar-refractivity contribution >= 4 is 22.7 Å². The van der Waals surface area contributed by atoms with Crippen molar-refractivity contribution in [3.05, 3.63) is 35.0 Å². The minimum absolute atomic E-state index is 0. The van der Waals surface area contributed by atoms with E-state index >= 15 is 0 Å².